The Morgan fingerprint density at radius 3 is 2.70 bits per heavy atom. The topological polar surface area (TPSA) is 69.5 Å². The van der Waals surface area contributed by atoms with Crippen molar-refractivity contribution in [2.24, 2.45) is 0 Å². The van der Waals surface area contributed by atoms with Crippen molar-refractivity contribution in [3.63, 3.8) is 0 Å². The number of rotatable bonds is 5. The van der Waals surface area contributed by atoms with E-state index in [1.807, 2.05) is 11.2 Å². The number of aromatic nitrogens is 1. The molecule has 0 N–H and O–H groups in total. The van der Waals surface area contributed by atoms with E-state index in [0.29, 0.717) is 44.6 Å². The average Bonchev–Trinajstić information content (AvgIpc) is 2.69. The van der Waals surface area contributed by atoms with Crippen LogP contribution >= 0.6 is 11.8 Å². The molecule has 164 valence electrons. The lowest BCUT2D eigenvalue weighted by Gasteiger charge is -2.42. The van der Waals surface area contributed by atoms with E-state index < -0.39 is 0 Å². The van der Waals surface area contributed by atoms with Gasteiger partial charge in [-0.1, -0.05) is 13.8 Å². The molecular formula is C23H34N4O2S. The number of nitriles is 1. The molecule has 30 heavy (non-hydrogen) atoms. The highest BCUT2D eigenvalue weighted by Crippen LogP contribution is 2.37. The minimum absolute atomic E-state index is 0.0970. The summed E-state index contributed by atoms with van der Waals surface area (Å²) in [6.45, 7) is 13.1. The predicted molar refractivity (Wildman–Crippen MR) is 122 cm³/mol. The number of carbonyl (C=O) groups excluding carboxylic acids is 1. The third-order valence-electron chi connectivity index (χ3n) is 6.06. The van der Waals surface area contributed by atoms with Crippen LogP contribution in [0.2, 0.25) is 0 Å². The third-order valence-corrected chi connectivity index (χ3v) is 6.67. The predicted octanol–water partition coefficient (Wildman–Crippen LogP) is 3.72. The molecule has 0 aliphatic carbocycles. The Hall–Kier alpha value is -1.78. The van der Waals surface area contributed by atoms with Crippen molar-refractivity contribution < 1.29 is 9.53 Å². The van der Waals surface area contributed by atoms with Crippen LogP contribution in [0.5, 0.6) is 0 Å². The van der Waals surface area contributed by atoms with Gasteiger partial charge in [0.2, 0.25) is 5.91 Å². The Labute approximate surface area is 185 Å². The van der Waals surface area contributed by atoms with Gasteiger partial charge in [0, 0.05) is 49.8 Å². The van der Waals surface area contributed by atoms with E-state index in [0.717, 1.165) is 28.4 Å². The highest BCUT2D eigenvalue weighted by Gasteiger charge is 2.35. The molecule has 1 saturated heterocycles. The molecule has 0 bridgehead atoms. The van der Waals surface area contributed by atoms with Crippen molar-refractivity contribution in [2.75, 3.05) is 36.5 Å². The van der Waals surface area contributed by atoms with E-state index in [2.05, 4.69) is 45.6 Å². The summed E-state index contributed by atoms with van der Waals surface area (Å²) in [5.74, 6) is 2.10. The summed E-state index contributed by atoms with van der Waals surface area (Å²) in [4.78, 5) is 21.7. The normalized spacial score (nSPS) is 20.8. The zero-order valence-corrected chi connectivity index (χ0v) is 19.9. The summed E-state index contributed by atoms with van der Waals surface area (Å²) in [7, 11) is 0. The van der Waals surface area contributed by atoms with E-state index in [1.165, 1.54) is 0 Å². The van der Waals surface area contributed by atoms with Crippen molar-refractivity contribution in [3.05, 3.63) is 22.4 Å². The molecule has 0 spiro atoms. The molecule has 2 aliphatic rings. The maximum absolute atomic E-state index is 12.6. The van der Waals surface area contributed by atoms with Crippen LogP contribution in [0.25, 0.3) is 0 Å². The number of hydrogen-bond donors (Lipinski definition) is 0. The van der Waals surface area contributed by atoms with Gasteiger partial charge in [-0.05, 0) is 38.5 Å². The molecule has 1 unspecified atom stereocenters. The Morgan fingerprint density at radius 2 is 2.10 bits per heavy atom. The number of anilines is 1. The van der Waals surface area contributed by atoms with Gasteiger partial charge >= 0.3 is 0 Å². The van der Waals surface area contributed by atoms with Crippen LogP contribution in [-0.2, 0) is 22.6 Å². The number of carbonyl (C=O) groups is 1. The van der Waals surface area contributed by atoms with E-state index >= 15 is 0 Å². The number of nitrogens with zero attached hydrogens (tertiary/aromatic N) is 4. The molecule has 1 atom stereocenters. The van der Waals surface area contributed by atoms with Crippen LogP contribution in [0, 0.1) is 11.3 Å². The van der Waals surface area contributed by atoms with Crippen LogP contribution in [0.4, 0.5) is 5.82 Å². The van der Waals surface area contributed by atoms with Gasteiger partial charge in [0.05, 0.1) is 23.5 Å². The van der Waals surface area contributed by atoms with Gasteiger partial charge in [-0.2, -0.15) is 17.0 Å². The first-order valence-corrected chi connectivity index (χ1v) is 12.2. The summed E-state index contributed by atoms with van der Waals surface area (Å²) in [6.07, 6.45) is 3.32. The number of piperazine rings is 1. The van der Waals surface area contributed by atoms with E-state index in [1.54, 1.807) is 11.8 Å². The largest absolute Gasteiger partial charge is 0.370 e. The van der Waals surface area contributed by atoms with Crippen molar-refractivity contribution >= 4 is 23.5 Å². The maximum atomic E-state index is 12.6. The van der Waals surface area contributed by atoms with Crippen molar-refractivity contribution in [3.8, 4) is 6.07 Å². The van der Waals surface area contributed by atoms with Gasteiger partial charge in [0.15, 0.2) is 0 Å². The fourth-order valence-corrected chi connectivity index (χ4v) is 4.83. The van der Waals surface area contributed by atoms with Crippen LogP contribution in [-0.4, -0.2) is 59.1 Å². The van der Waals surface area contributed by atoms with E-state index in [4.69, 9.17) is 9.72 Å². The Kier molecular flexibility index (Phi) is 6.98. The summed E-state index contributed by atoms with van der Waals surface area (Å²) in [6, 6.07) is 2.56. The van der Waals surface area contributed by atoms with Gasteiger partial charge in [0.1, 0.15) is 11.9 Å². The molecule has 3 rings (SSSR count). The molecule has 1 aromatic rings. The van der Waals surface area contributed by atoms with Gasteiger partial charge < -0.3 is 14.5 Å². The maximum Gasteiger partial charge on any atom is 0.223 e. The zero-order valence-electron chi connectivity index (χ0n) is 19.1. The molecule has 7 heteroatoms. The van der Waals surface area contributed by atoms with Gasteiger partial charge in [0.25, 0.3) is 0 Å². The van der Waals surface area contributed by atoms with E-state index in [9.17, 15) is 10.1 Å². The van der Waals surface area contributed by atoms with Crippen LogP contribution in [0.1, 0.15) is 69.3 Å². The summed E-state index contributed by atoms with van der Waals surface area (Å²) in [5.41, 5.74) is 3.60. The summed E-state index contributed by atoms with van der Waals surface area (Å²) in [5, 5.41) is 10.1. The molecule has 0 aromatic carbocycles. The Morgan fingerprint density at radius 1 is 1.37 bits per heavy atom. The second kappa shape index (κ2) is 9.15. The molecule has 3 heterocycles. The first-order chi connectivity index (χ1) is 14.2. The fraction of sp³-hybridized carbons (Fsp3) is 0.696. The summed E-state index contributed by atoms with van der Waals surface area (Å²) >= 11 is 1.70. The molecule has 1 amide bonds. The fourth-order valence-electron chi connectivity index (χ4n) is 4.46. The third kappa shape index (κ3) is 4.60. The minimum atomic E-state index is -0.291. The number of hydrogen-bond acceptors (Lipinski definition) is 6. The van der Waals surface area contributed by atoms with E-state index in [-0.39, 0.29) is 23.5 Å². The molecule has 0 saturated carbocycles. The lowest BCUT2D eigenvalue weighted by Crippen LogP contribution is -2.54. The number of ether oxygens (including phenoxy) is 1. The SMILES string of the molecule is CSCCC(=O)N1CCN(c2nc(C(C)C)c3c(c2C#N)CC(C)(C)OC3)CC1C. The number of amides is 1. The molecule has 1 aromatic heterocycles. The number of thioether (sulfide) groups is 1. The van der Waals surface area contributed by atoms with Gasteiger partial charge in [-0.15, -0.1) is 0 Å². The Bertz CT molecular complexity index is 847. The second-order valence-corrected chi connectivity index (χ2v) is 10.3. The van der Waals surface area contributed by atoms with Crippen LogP contribution in [0.3, 0.4) is 0 Å². The van der Waals surface area contributed by atoms with Gasteiger partial charge in [-0.25, -0.2) is 4.98 Å². The highest BCUT2D eigenvalue weighted by molar-refractivity contribution is 7.98. The minimum Gasteiger partial charge on any atom is -0.370 e. The quantitative estimate of drug-likeness (QED) is 0.709. The average molecular weight is 431 g/mol. The molecule has 2 aliphatic heterocycles. The standard InChI is InChI=1S/C23H34N4O2S/c1-15(2)21-19-14-29-23(4,5)11-17(19)18(12-24)22(25-21)26-8-9-27(16(3)13-26)20(28)7-10-30-6/h15-16H,7-11,13-14H2,1-6H3. The first kappa shape index (κ1) is 22.9. The first-order valence-electron chi connectivity index (χ1n) is 10.8. The molecular weight excluding hydrogens is 396 g/mol. The lowest BCUT2D eigenvalue weighted by atomic mass is 9.86. The lowest BCUT2D eigenvalue weighted by molar-refractivity contribution is -0.133. The summed E-state index contributed by atoms with van der Waals surface area (Å²) < 4.78 is 6.05. The zero-order chi connectivity index (χ0) is 22.1. The smallest absolute Gasteiger partial charge is 0.223 e. The Balaban J connectivity index is 1.94. The second-order valence-electron chi connectivity index (χ2n) is 9.27. The molecule has 0 radical (unpaired) electrons. The van der Waals surface area contributed by atoms with Crippen molar-refractivity contribution in [1.82, 2.24) is 9.88 Å². The number of fused-ring (bicyclic) bond motifs is 1. The van der Waals surface area contributed by atoms with Crippen molar-refractivity contribution in [1.29, 1.82) is 5.26 Å². The highest BCUT2D eigenvalue weighted by atomic mass is 32.2. The van der Waals surface area contributed by atoms with Crippen LogP contribution < -0.4 is 4.90 Å². The van der Waals surface area contributed by atoms with Gasteiger partial charge in [-0.3, -0.25) is 4.79 Å². The molecule has 6 nitrogen and oxygen atoms in total. The monoisotopic (exact) mass is 430 g/mol. The van der Waals surface area contributed by atoms with Crippen molar-refractivity contribution in [2.45, 2.75) is 71.6 Å². The number of pyridine rings is 1. The van der Waals surface area contributed by atoms with Crippen LogP contribution in [0.15, 0.2) is 0 Å². The molecule has 1 fully saturated rings.